The zero-order chi connectivity index (χ0) is 12.4. The second-order valence-corrected chi connectivity index (χ2v) is 4.35. The Kier molecular flexibility index (Phi) is 3.20. The molecule has 2 aromatic rings. The highest BCUT2D eigenvalue weighted by Crippen LogP contribution is 2.30. The molecule has 0 aliphatic heterocycles. The molecule has 0 radical (unpaired) electrons. The fourth-order valence-corrected chi connectivity index (χ4v) is 2.08. The molecule has 0 aliphatic carbocycles. The summed E-state index contributed by atoms with van der Waals surface area (Å²) in [6, 6.07) is 6.13. The van der Waals surface area contributed by atoms with E-state index < -0.39 is 0 Å². The van der Waals surface area contributed by atoms with Crippen LogP contribution in [-0.4, -0.2) is 16.3 Å². The Labute approximate surface area is 102 Å². The highest BCUT2D eigenvalue weighted by Gasteiger charge is 2.09. The number of aliphatic hydroxyl groups excluding tert-OH is 1. The van der Waals surface area contributed by atoms with Gasteiger partial charge >= 0.3 is 0 Å². The lowest BCUT2D eigenvalue weighted by Gasteiger charge is -2.11. The van der Waals surface area contributed by atoms with Crippen molar-refractivity contribution in [1.29, 1.82) is 0 Å². The first kappa shape index (κ1) is 11.7. The molecular weight excluding hydrogens is 212 g/mol. The van der Waals surface area contributed by atoms with E-state index in [1.807, 2.05) is 36.9 Å². The fourth-order valence-electron chi connectivity index (χ4n) is 2.08. The number of nitrogen functional groups attached to an aromatic ring is 1. The van der Waals surface area contributed by atoms with E-state index in [0.29, 0.717) is 6.42 Å². The van der Waals surface area contributed by atoms with Crippen LogP contribution in [0.5, 0.6) is 0 Å². The van der Waals surface area contributed by atoms with Crippen LogP contribution in [0.15, 0.2) is 30.6 Å². The molecule has 0 aliphatic rings. The van der Waals surface area contributed by atoms with Gasteiger partial charge in [-0.1, -0.05) is 12.1 Å². The van der Waals surface area contributed by atoms with Crippen molar-refractivity contribution in [3.8, 4) is 11.1 Å². The van der Waals surface area contributed by atoms with Gasteiger partial charge in [-0.25, -0.2) is 0 Å². The number of aromatic nitrogens is 1. The highest BCUT2D eigenvalue weighted by atomic mass is 16.2. The van der Waals surface area contributed by atoms with Crippen LogP contribution in [0.1, 0.15) is 11.1 Å². The van der Waals surface area contributed by atoms with Crippen molar-refractivity contribution >= 4 is 5.69 Å². The van der Waals surface area contributed by atoms with E-state index >= 15 is 0 Å². The van der Waals surface area contributed by atoms with Crippen molar-refractivity contribution in [3.05, 3.63) is 41.7 Å². The quantitative estimate of drug-likeness (QED) is 0.793. The normalized spacial score (nSPS) is 10.8. The molecule has 3 nitrogen and oxygen atoms in total. The molecule has 1 heterocycles. The van der Waals surface area contributed by atoms with Crippen LogP contribution in [-0.2, 0) is 13.5 Å². The first-order chi connectivity index (χ1) is 8.13. The summed E-state index contributed by atoms with van der Waals surface area (Å²) in [6.07, 6.45) is 4.72. The molecule has 0 spiro atoms. The van der Waals surface area contributed by atoms with Gasteiger partial charge in [0.1, 0.15) is 0 Å². The SMILES string of the molecule is Cc1c(CCO)ccc(-c2ccn(C)c2)c1N. The number of hydrogen-bond donors (Lipinski definition) is 2. The van der Waals surface area contributed by atoms with Crippen LogP contribution in [0.25, 0.3) is 11.1 Å². The minimum Gasteiger partial charge on any atom is -0.398 e. The maximum atomic E-state index is 8.98. The highest BCUT2D eigenvalue weighted by molar-refractivity contribution is 5.79. The van der Waals surface area contributed by atoms with Gasteiger partial charge in [0, 0.05) is 42.9 Å². The zero-order valence-electron chi connectivity index (χ0n) is 10.3. The van der Waals surface area contributed by atoms with Gasteiger partial charge in [-0.3, -0.25) is 0 Å². The van der Waals surface area contributed by atoms with E-state index in [0.717, 1.165) is 27.9 Å². The summed E-state index contributed by atoms with van der Waals surface area (Å²) in [6.45, 7) is 2.16. The molecule has 0 atom stereocenters. The molecule has 0 fully saturated rings. The standard InChI is InChI=1S/C14H18N2O/c1-10-11(6-8-17)3-4-13(14(10)15)12-5-7-16(2)9-12/h3-5,7,9,17H,6,8,15H2,1-2H3. The van der Waals surface area contributed by atoms with Gasteiger partial charge in [0.15, 0.2) is 0 Å². The Morgan fingerprint density at radius 3 is 2.65 bits per heavy atom. The summed E-state index contributed by atoms with van der Waals surface area (Å²) in [5.41, 5.74) is 11.3. The number of rotatable bonds is 3. The maximum absolute atomic E-state index is 8.98. The summed E-state index contributed by atoms with van der Waals surface area (Å²) in [5.74, 6) is 0. The molecule has 1 aromatic heterocycles. The molecule has 0 saturated heterocycles. The van der Waals surface area contributed by atoms with E-state index in [2.05, 4.69) is 12.3 Å². The van der Waals surface area contributed by atoms with Crippen molar-refractivity contribution in [2.24, 2.45) is 7.05 Å². The van der Waals surface area contributed by atoms with E-state index in [1.165, 1.54) is 0 Å². The maximum Gasteiger partial charge on any atom is 0.0471 e. The van der Waals surface area contributed by atoms with Crippen LogP contribution in [0.3, 0.4) is 0 Å². The molecule has 17 heavy (non-hydrogen) atoms. The molecule has 0 bridgehead atoms. The van der Waals surface area contributed by atoms with Crippen molar-refractivity contribution in [2.75, 3.05) is 12.3 Å². The monoisotopic (exact) mass is 230 g/mol. The van der Waals surface area contributed by atoms with Crippen LogP contribution in [0, 0.1) is 6.92 Å². The van der Waals surface area contributed by atoms with Gasteiger partial charge < -0.3 is 15.4 Å². The number of aryl methyl sites for hydroxylation is 1. The Morgan fingerprint density at radius 1 is 1.29 bits per heavy atom. The van der Waals surface area contributed by atoms with Gasteiger partial charge in [-0.05, 0) is 30.5 Å². The van der Waals surface area contributed by atoms with Gasteiger partial charge in [0.25, 0.3) is 0 Å². The second kappa shape index (κ2) is 4.63. The molecular formula is C14H18N2O. The Balaban J connectivity index is 2.47. The van der Waals surface area contributed by atoms with Crippen LogP contribution < -0.4 is 5.73 Å². The lowest BCUT2D eigenvalue weighted by Crippen LogP contribution is -2.00. The van der Waals surface area contributed by atoms with Crippen molar-refractivity contribution in [1.82, 2.24) is 4.57 Å². The summed E-state index contributed by atoms with van der Waals surface area (Å²) in [5, 5.41) is 8.98. The topological polar surface area (TPSA) is 51.2 Å². The lowest BCUT2D eigenvalue weighted by atomic mass is 9.97. The summed E-state index contributed by atoms with van der Waals surface area (Å²) < 4.78 is 2.01. The first-order valence-corrected chi connectivity index (χ1v) is 5.74. The van der Waals surface area contributed by atoms with Gasteiger partial charge in [-0.2, -0.15) is 0 Å². The first-order valence-electron chi connectivity index (χ1n) is 5.74. The number of anilines is 1. The van der Waals surface area contributed by atoms with E-state index in [4.69, 9.17) is 10.8 Å². The smallest absolute Gasteiger partial charge is 0.0471 e. The fraction of sp³-hybridized carbons (Fsp3) is 0.286. The van der Waals surface area contributed by atoms with Crippen molar-refractivity contribution in [2.45, 2.75) is 13.3 Å². The van der Waals surface area contributed by atoms with Crippen LogP contribution in [0.2, 0.25) is 0 Å². The summed E-state index contributed by atoms with van der Waals surface area (Å²) in [4.78, 5) is 0. The third-order valence-electron chi connectivity index (χ3n) is 3.15. The minimum absolute atomic E-state index is 0.158. The molecule has 1 aromatic carbocycles. The van der Waals surface area contributed by atoms with Crippen LogP contribution in [0.4, 0.5) is 5.69 Å². The molecule has 2 rings (SSSR count). The molecule has 3 heteroatoms. The lowest BCUT2D eigenvalue weighted by molar-refractivity contribution is 0.299. The number of nitrogens with two attached hydrogens (primary N) is 1. The van der Waals surface area contributed by atoms with Crippen LogP contribution >= 0.6 is 0 Å². The number of aliphatic hydroxyl groups is 1. The largest absolute Gasteiger partial charge is 0.398 e. The molecule has 0 amide bonds. The predicted octanol–water partition coefficient (Wildman–Crippen LogP) is 2.12. The van der Waals surface area contributed by atoms with Crippen molar-refractivity contribution in [3.63, 3.8) is 0 Å². The summed E-state index contributed by atoms with van der Waals surface area (Å²) in [7, 11) is 1.99. The summed E-state index contributed by atoms with van der Waals surface area (Å²) >= 11 is 0. The third-order valence-corrected chi connectivity index (χ3v) is 3.15. The Morgan fingerprint density at radius 2 is 2.06 bits per heavy atom. The predicted molar refractivity (Wildman–Crippen MR) is 70.8 cm³/mol. The van der Waals surface area contributed by atoms with E-state index in [9.17, 15) is 0 Å². The minimum atomic E-state index is 0.158. The third kappa shape index (κ3) is 2.19. The average molecular weight is 230 g/mol. The van der Waals surface area contributed by atoms with Gasteiger partial charge in [-0.15, -0.1) is 0 Å². The molecule has 0 unspecified atom stereocenters. The van der Waals surface area contributed by atoms with E-state index in [1.54, 1.807) is 0 Å². The molecule has 3 N–H and O–H groups in total. The second-order valence-electron chi connectivity index (χ2n) is 4.35. The van der Waals surface area contributed by atoms with Crippen molar-refractivity contribution < 1.29 is 5.11 Å². The molecule has 90 valence electrons. The average Bonchev–Trinajstić information content (AvgIpc) is 2.72. The van der Waals surface area contributed by atoms with Gasteiger partial charge in [0.2, 0.25) is 0 Å². The van der Waals surface area contributed by atoms with E-state index in [-0.39, 0.29) is 6.61 Å². The number of nitrogens with zero attached hydrogens (tertiary/aromatic N) is 1. The zero-order valence-corrected chi connectivity index (χ0v) is 10.3. The Hall–Kier alpha value is -1.74. The Bertz CT molecular complexity index is 529. The number of hydrogen-bond acceptors (Lipinski definition) is 2. The number of benzene rings is 1. The van der Waals surface area contributed by atoms with Gasteiger partial charge in [0.05, 0.1) is 0 Å². The molecule has 0 saturated carbocycles.